The normalized spacial score (nSPS) is 32.1. The lowest BCUT2D eigenvalue weighted by Crippen LogP contribution is -2.40. The Bertz CT molecular complexity index is 280. The second-order valence-corrected chi connectivity index (χ2v) is 4.55. The predicted octanol–water partition coefficient (Wildman–Crippen LogP) is 2.77. The van der Waals surface area contributed by atoms with Crippen LogP contribution in [0.3, 0.4) is 0 Å². The van der Waals surface area contributed by atoms with Crippen LogP contribution in [0.5, 0.6) is 0 Å². The molecule has 0 amide bonds. The number of methoxy groups -OCH3 is 1. The van der Waals surface area contributed by atoms with Gasteiger partial charge in [-0.2, -0.15) is 0 Å². The molecule has 2 heteroatoms. The fourth-order valence-corrected chi connectivity index (χ4v) is 2.49. The van der Waals surface area contributed by atoms with Crippen LogP contribution in [0.4, 0.5) is 0 Å². The summed E-state index contributed by atoms with van der Waals surface area (Å²) in [4.78, 5) is 0. The summed E-state index contributed by atoms with van der Waals surface area (Å²) in [5.41, 5.74) is 3.07. The van der Waals surface area contributed by atoms with Crippen molar-refractivity contribution in [3.63, 3.8) is 0 Å². The molecule has 2 atom stereocenters. The molecule has 15 heavy (non-hydrogen) atoms. The van der Waals surface area contributed by atoms with E-state index in [4.69, 9.17) is 4.74 Å². The zero-order valence-corrected chi connectivity index (χ0v) is 9.75. The van der Waals surface area contributed by atoms with Gasteiger partial charge in [0.25, 0.3) is 0 Å². The zero-order chi connectivity index (χ0) is 10.7. The monoisotopic (exact) mass is 207 g/mol. The second-order valence-electron chi connectivity index (χ2n) is 4.55. The molecule has 1 aliphatic carbocycles. The van der Waals surface area contributed by atoms with E-state index in [-0.39, 0.29) is 6.23 Å². The molecule has 0 saturated heterocycles. The molecular weight excluding hydrogens is 186 g/mol. The van der Waals surface area contributed by atoms with Gasteiger partial charge in [-0.3, -0.25) is 5.32 Å². The Morgan fingerprint density at radius 1 is 1.33 bits per heavy atom. The Labute approximate surface area is 92.4 Å². The van der Waals surface area contributed by atoms with Gasteiger partial charge in [0.2, 0.25) is 0 Å². The van der Waals surface area contributed by atoms with Gasteiger partial charge in [0.1, 0.15) is 6.23 Å². The van der Waals surface area contributed by atoms with Gasteiger partial charge in [-0.15, -0.1) is 0 Å². The summed E-state index contributed by atoms with van der Waals surface area (Å²) in [5.74, 6) is 0. The highest BCUT2D eigenvalue weighted by Crippen LogP contribution is 2.29. The largest absolute Gasteiger partial charge is 0.366 e. The molecule has 1 N–H and O–H groups in total. The van der Waals surface area contributed by atoms with Gasteiger partial charge in [0, 0.05) is 19.6 Å². The van der Waals surface area contributed by atoms with E-state index in [1.807, 2.05) is 0 Å². The molecule has 0 radical (unpaired) electrons. The van der Waals surface area contributed by atoms with Gasteiger partial charge < -0.3 is 4.74 Å². The van der Waals surface area contributed by atoms with E-state index in [0.717, 1.165) is 6.42 Å². The molecule has 2 nitrogen and oxygen atoms in total. The molecule has 0 aromatic rings. The van der Waals surface area contributed by atoms with Crippen molar-refractivity contribution < 1.29 is 4.74 Å². The van der Waals surface area contributed by atoms with E-state index in [1.165, 1.54) is 31.3 Å². The van der Waals surface area contributed by atoms with Crippen LogP contribution in [-0.4, -0.2) is 19.4 Å². The van der Waals surface area contributed by atoms with Crippen LogP contribution in [0.1, 0.15) is 39.0 Å². The third kappa shape index (κ3) is 2.70. The first-order valence-corrected chi connectivity index (χ1v) is 5.98. The number of allylic oxidation sites excluding steroid dienone is 2. The molecule has 1 heterocycles. The SMILES string of the molecule is COC1CC(C2=CCCCC2)=CC(C)N1. The van der Waals surface area contributed by atoms with Crippen molar-refractivity contribution in [1.29, 1.82) is 0 Å². The van der Waals surface area contributed by atoms with Gasteiger partial charge in [-0.1, -0.05) is 12.2 Å². The topological polar surface area (TPSA) is 21.3 Å². The van der Waals surface area contributed by atoms with Crippen molar-refractivity contribution in [2.75, 3.05) is 7.11 Å². The first-order valence-electron chi connectivity index (χ1n) is 5.98. The first-order chi connectivity index (χ1) is 7.29. The lowest BCUT2D eigenvalue weighted by molar-refractivity contribution is 0.0652. The average Bonchev–Trinajstić information content (AvgIpc) is 2.29. The maximum atomic E-state index is 5.40. The van der Waals surface area contributed by atoms with Gasteiger partial charge in [-0.25, -0.2) is 0 Å². The molecule has 0 bridgehead atoms. The number of rotatable bonds is 2. The highest BCUT2D eigenvalue weighted by Gasteiger charge is 2.20. The molecule has 84 valence electrons. The molecule has 2 aliphatic rings. The third-order valence-electron chi connectivity index (χ3n) is 3.29. The minimum Gasteiger partial charge on any atom is -0.366 e. The standard InChI is InChI=1S/C13H21NO/c1-10-8-12(9-13(14-10)15-2)11-6-4-3-5-7-11/h6,8,10,13-14H,3-5,7,9H2,1-2H3. The summed E-state index contributed by atoms with van der Waals surface area (Å²) in [6.45, 7) is 2.19. The molecule has 0 aromatic carbocycles. The fraction of sp³-hybridized carbons (Fsp3) is 0.692. The maximum absolute atomic E-state index is 5.40. The second kappa shape index (κ2) is 4.95. The van der Waals surface area contributed by atoms with Gasteiger partial charge in [0.05, 0.1) is 0 Å². The van der Waals surface area contributed by atoms with E-state index in [1.54, 1.807) is 12.7 Å². The smallest absolute Gasteiger partial charge is 0.112 e. The fourth-order valence-electron chi connectivity index (χ4n) is 2.49. The number of nitrogens with one attached hydrogen (secondary N) is 1. The van der Waals surface area contributed by atoms with Crippen LogP contribution in [0.2, 0.25) is 0 Å². The summed E-state index contributed by atoms with van der Waals surface area (Å²) in [7, 11) is 1.78. The molecule has 0 saturated carbocycles. The number of hydrogen-bond donors (Lipinski definition) is 1. The van der Waals surface area contributed by atoms with Gasteiger partial charge in [0.15, 0.2) is 0 Å². The van der Waals surface area contributed by atoms with E-state index < -0.39 is 0 Å². The Kier molecular flexibility index (Phi) is 3.60. The molecule has 0 aromatic heterocycles. The molecular formula is C13H21NO. The van der Waals surface area contributed by atoms with E-state index in [0.29, 0.717) is 6.04 Å². The quantitative estimate of drug-likeness (QED) is 0.751. The van der Waals surface area contributed by atoms with Crippen LogP contribution in [-0.2, 0) is 4.74 Å². The van der Waals surface area contributed by atoms with Crippen molar-refractivity contribution in [1.82, 2.24) is 5.32 Å². The third-order valence-corrected chi connectivity index (χ3v) is 3.29. The van der Waals surface area contributed by atoms with E-state index in [9.17, 15) is 0 Å². The summed E-state index contributed by atoms with van der Waals surface area (Å²) < 4.78 is 5.40. The van der Waals surface area contributed by atoms with E-state index >= 15 is 0 Å². The van der Waals surface area contributed by atoms with Crippen molar-refractivity contribution in [2.45, 2.75) is 51.3 Å². The van der Waals surface area contributed by atoms with Crippen molar-refractivity contribution in [3.8, 4) is 0 Å². The van der Waals surface area contributed by atoms with Crippen molar-refractivity contribution in [2.24, 2.45) is 0 Å². The zero-order valence-electron chi connectivity index (χ0n) is 9.75. The molecule has 2 unspecified atom stereocenters. The van der Waals surface area contributed by atoms with Crippen LogP contribution in [0.25, 0.3) is 0 Å². The predicted molar refractivity (Wildman–Crippen MR) is 62.6 cm³/mol. The summed E-state index contributed by atoms with van der Waals surface area (Å²) in [5, 5.41) is 3.41. The Morgan fingerprint density at radius 3 is 2.87 bits per heavy atom. The summed E-state index contributed by atoms with van der Waals surface area (Å²) >= 11 is 0. The van der Waals surface area contributed by atoms with Crippen LogP contribution >= 0.6 is 0 Å². The minimum absolute atomic E-state index is 0.197. The lowest BCUT2D eigenvalue weighted by Gasteiger charge is -2.29. The summed E-state index contributed by atoms with van der Waals surface area (Å²) in [6.07, 6.45) is 11.2. The van der Waals surface area contributed by atoms with Gasteiger partial charge >= 0.3 is 0 Å². The van der Waals surface area contributed by atoms with E-state index in [2.05, 4.69) is 24.4 Å². The lowest BCUT2D eigenvalue weighted by atomic mass is 9.89. The summed E-state index contributed by atoms with van der Waals surface area (Å²) in [6, 6.07) is 0.432. The van der Waals surface area contributed by atoms with Crippen molar-refractivity contribution in [3.05, 3.63) is 23.3 Å². The first kappa shape index (κ1) is 10.9. The maximum Gasteiger partial charge on any atom is 0.112 e. The average molecular weight is 207 g/mol. The highest BCUT2D eigenvalue weighted by molar-refractivity contribution is 5.34. The highest BCUT2D eigenvalue weighted by atomic mass is 16.5. The Morgan fingerprint density at radius 2 is 2.20 bits per heavy atom. The number of ether oxygens (including phenoxy) is 1. The molecule has 0 fully saturated rings. The van der Waals surface area contributed by atoms with Crippen LogP contribution in [0.15, 0.2) is 23.3 Å². The van der Waals surface area contributed by atoms with Gasteiger partial charge in [-0.05, 0) is 43.8 Å². The molecule has 1 aliphatic heterocycles. The Hall–Kier alpha value is -0.600. The Balaban J connectivity index is 2.10. The molecule has 2 rings (SSSR count). The molecule has 0 spiro atoms. The van der Waals surface area contributed by atoms with Crippen molar-refractivity contribution >= 4 is 0 Å². The number of hydrogen-bond acceptors (Lipinski definition) is 2. The van der Waals surface area contributed by atoms with Crippen LogP contribution in [0, 0.1) is 0 Å². The van der Waals surface area contributed by atoms with Crippen LogP contribution < -0.4 is 5.32 Å². The minimum atomic E-state index is 0.197.